The van der Waals surface area contributed by atoms with Crippen molar-refractivity contribution in [1.82, 2.24) is 20.4 Å². The molecule has 3 N–H and O–H groups in total. The predicted octanol–water partition coefficient (Wildman–Crippen LogP) is 1.62. The number of rotatable bonds is 7. The maximum atomic E-state index is 11.7. The monoisotopic (exact) mass is 322 g/mol. The SMILES string of the molecule is Cn1cc(CCCNC(=O)NCC(C)(O)c2ccsc2)cn1. The number of aryl methyl sites for hydroxylation is 2. The van der Waals surface area contributed by atoms with Crippen LogP contribution in [0.3, 0.4) is 0 Å². The third-order valence-corrected chi connectivity index (χ3v) is 4.11. The van der Waals surface area contributed by atoms with Crippen LogP contribution in [0.2, 0.25) is 0 Å². The van der Waals surface area contributed by atoms with Gasteiger partial charge in [0, 0.05) is 19.8 Å². The fourth-order valence-electron chi connectivity index (χ4n) is 2.08. The van der Waals surface area contributed by atoms with Crippen LogP contribution >= 0.6 is 11.3 Å². The number of nitrogens with one attached hydrogen (secondary N) is 2. The standard InChI is InChI=1S/C15H22N4O2S/c1-15(21,13-5-7-22-10-13)11-17-14(20)16-6-3-4-12-8-18-19(2)9-12/h5,7-10,21H,3-4,6,11H2,1-2H3,(H2,16,17,20). The third kappa shape index (κ3) is 4.85. The number of nitrogens with zero attached hydrogens (tertiary/aromatic N) is 2. The average Bonchev–Trinajstić information content (AvgIpc) is 3.13. The Hall–Kier alpha value is -1.86. The van der Waals surface area contributed by atoms with E-state index in [4.69, 9.17) is 0 Å². The van der Waals surface area contributed by atoms with Crippen molar-refractivity contribution < 1.29 is 9.90 Å². The van der Waals surface area contributed by atoms with Gasteiger partial charge in [-0.3, -0.25) is 4.68 Å². The first-order valence-corrected chi connectivity index (χ1v) is 8.16. The summed E-state index contributed by atoms with van der Waals surface area (Å²) in [5, 5.41) is 23.7. The zero-order chi connectivity index (χ0) is 16.0. The van der Waals surface area contributed by atoms with Crippen LogP contribution in [0.15, 0.2) is 29.2 Å². The van der Waals surface area contributed by atoms with Crippen molar-refractivity contribution in [2.45, 2.75) is 25.4 Å². The van der Waals surface area contributed by atoms with Gasteiger partial charge < -0.3 is 15.7 Å². The summed E-state index contributed by atoms with van der Waals surface area (Å²) in [6, 6.07) is 1.60. The van der Waals surface area contributed by atoms with Crippen LogP contribution in [0.1, 0.15) is 24.5 Å². The van der Waals surface area contributed by atoms with Gasteiger partial charge in [0.25, 0.3) is 0 Å². The molecule has 0 bridgehead atoms. The molecular weight excluding hydrogens is 300 g/mol. The molecule has 22 heavy (non-hydrogen) atoms. The fourth-order valence-corrected chi connectivity index (χ4v) is 2.87. The molecule has 0 aliphatic carbocycles. The Balaban J connectivity index is 1.64. The molecule has 1 unspecified atom stereocenters. The maximum Gasteiger partial charge on any atom is 0.314 e. The van der Waals surface area contributed by atoms with Gasteiger partial charge in [-0.05, 0) is 47.7 Å². The molecule has 6 nitrogen and oxygen atoms in total. The molecule has 0 aliphatic rings. The summed E-state index contributed by atoms with van der Waals surface area (Å²) in [4.78, 5) is 11.7. The van der Waals surface area contributed by atoms with Gasteiger partial charge in [-0.15, -0.1) is 0 Å². The van der Waals surface area contributed by atoms with Gasteiger partial charge in [0.15, 0.2) is 0 Å². The molecule has 0 aromatic carbocycles. The summed E-state index contributed by atoms with van der Waals surface area (Å²) in [5.41, 5.74) is 0.923. The average molecular weight is 322 g/mol. The van der Waals surface area contributed by atoms with Gasteiger partial charge in [-0.25, -0.2) is 4.79 Å². The second-order valence-electron chi connectivity index (χ2n) is 5.52. The summed E-state index contributed by atoms with van der Waals surface area (Å²) >= 11 is 1.52. The minimum Gasteiger partial charge on any atom is -0.384 e. The van der Waals surface area contributed by atoms with Crippen molar-refractivity contribution in [2.75, 3.05) is 13.1 Å². The minimum absolute atomic E-state index is 0.179. The number of carbonyl (C=O) groups is 1. The molecule has 7 heteroatoms. The van der Waals surface area contributed by atoms with Crippen LogP contribution in [-0.4, -0.2) is 34.0 Å². The van der Waals surface area contributed by atoms with Crippen molar-refractivity contribution in [3.8, 4) is 0 Å². The van der Waals surface area contributed by atoms with Crippen molar-refractivity contribution >= 4 is 17.4 Å². The number of amides is 2. The van der Waals surface area contributed by atoms with E-state index in [2.05, 4.69) is 15.7 Å². The van der Waals surface area contributed by atoms with E-state index in [0.29, 0.717) is 6.54 Å². The third-order valence-electron chi connectivity index (χ3n) is 3.42. The van der Waals surface area contributed by atoms with E-state index in [1.165, 1.54) is 11.3 Å². The number of hydrogen-bond donors (Lipinski definition) is 3. The lowest BCUT2D eigenvalue weighted by molar-refractivity contribution is 0.0598. The van der Waals surface area contributed by atoms with Crippen molar-refractivity contribution in [1.29, 1.82) is 0 Å². The highest BCUT2D eigenvalue weighted by atomic mass is 32.1. The quantitative estimate of drug-likeness (QED) is 0.678. The van der Waals surface area contributed by atoms with E-state index in [9.17, 15) is 9.90 Å². The lowest BCUT2D eigenvalue weighted by Crippen LogP contribution is -2.43. The van der Waals surface area contributed by atoms with Crippen LogP contribution in [0.5, 0.6) is 0 Å². The largest absolute Gasteiger partial charge is 0.384 e. The smallest absolute Gasteiger partial charge is 0.314 e. The Morgan fingerprint density at radius 3 is 2.95 bits per heavy atom. The van der Waals surface area contributed by atoms with E-state index in [-0.39, 0.29) is 12.6 Å². The molecule has 0 radical (unpaired) electrons. The first kappa shape index (κ1) is 16.5. The number of urea groups is 1. The molecule has 0 spiro atoms. The summed E-state index contributed by atoms with van der Waals surface area (Å²) in [6.45, 7) is 2.46. The molecule has 0 fully saturated rings. The van der Waals surface area contributed by atoms with Gasteiger partial charge in [-0.1, -0.05) is 0 Å². The highest BCUT2D eigenvalue weighted by molar-refractivity contribution is 7.08. The summed E-state index contributed by atoms with van der Waals surface area (Å²) < 4.78 is 1.77. The summed E-state index contributed by atoms with van der Waals surface area (Å²) in [6.07, 6.45) is 5.52. The molecule has 2 aromatic heterocycles. The Morgan fingerprint density at radius 1 is 1.50 bits per heavy atom. The Labute approximate surface area is 134 Å². The van der Waals surface area contributed by atoms with Gasteiger partial charge in [0.1, 0.15) is 5.60 Å². The Kier molecular flexibility index (Phi) is 5.57. The minimum atomic E-state index is -1.05. The lowest BCUT2D eigenvalue weighted by atomic mass is 9.99. The normalized spacial score (nSPS) is 13.6. The summed E-state index contributed by atoms with van der Waals surface area (Å²) in [7, 11) is 1.88. The van der Waals surface area contributed by atoms with E-state index in [1.54, 1.807) is 11.6 Å². The van der Waals surface area contributed by atoms with Crippen LogP contribution in [0, 0.1) is 0 Å². The van der Waals surface area contributed by atoms with Crippen LogP contribution in [-0.2, 0) is 19.1 Å². The second-order valence-corrected chi connectivity index (χ2v) is 6.30. The van der Waals surface area contributed by atoms with Crippen molar-refractivity contribution in [3.63, 3.8) is 0 Å². The molecule has 0 aliphatic heterocycles. The number of carbonyl (C=O) groups excluding carboxylic acids is 1. The van der Waals surface area contributed by atoms with Crippen LogP contribution in [0.25, 0.3) is 0 Å². The Morgan fingerprint density at radius 2 is 2.32 bits per heavy atom. The molecule has 2 aromatic rings. The fraction of sp³-hybridized carbons (Fsp3) is 0.467. The Bertz CT molecular complexity index is 592. The lowest BCUT2D eigenvalue weighted by Gasteiger charge is -2.22. The van der Waals surface area contributed by atoms with Gasteiger partial charge in [0.2, 0.25) is 0 Å². The zero-order valence-electron chi connectivity index (χ0n) is 12.9. The van der Waals surface area contributed by atoms with Gasteiger partial charge >= 0.3 is 6.03 Å². The molecule has 2 amide bonds. The summed E-state index contributed by atoms with van der Waals surface area (Å²) in [5.74, 6) is 0. The highest BCUT2D eigenvalue weighted by Gasteiger charge is 2.23. The van der Waals surface area contributed by atoms with Crippen molar-refractivity contribution in [3.05, 3.63) is 40.3 Å². The molecule has 2 rings (SSSR count). The van der Waals surface area contributed by atoms with E-state index in [0.717, 1.165) is 24.0 Å². The van der Waals surface area contributed by atoms with E-state index >= 15 is 0 Å². The molecule has 2 heterocycles. The number of aliphatic hydroxyl groups is 1. The predicted molar refractivity (Wildman–Crippen MR) is 86.8 cm³/mol. The van der Waals surface area contributed by atoms with Crippen LogP contribution in [0.4, 0.5) is 4.79 Å². The van der Waals surface area contributed by atoms with E-state index < -0.39 is 5.60 Å². The van der Waals surface area contributed by atoms with Gasteiger partial charge in [0.05, 0.1) is 12.7 Å². The van der Waals surface area contributed by atoms with Crippen LogP contribution < -0.4 is 10.6 Å². The first-order chi connectivity index (χ1) is 10.5. The molecule has 0 saturated heterocycles. The second kappa shape index (κ2) is 7.42. The highest BCUT2D eigenvalue weighted by Crippen LogP contribution is 2.21. The maximum absolute atomic E-state index is 11.7. The first-order valence-electron chi connectivity index (χ1n) is 7.21. The van der Waals surface area contributed by atoms with E-state index in [1.807, 2.05) is 36.3 Å². The number of thiophene rings is 1. The molecule has 0 saturated carbocycles. The molecule has 120 valence electrons. The number of hydrogen-bond acceptors (Lipinski definition) is 4. The van der Waals surface area contributed by atoms with Crippen molar-refractivity contribution in [2.24, 2.45) is 7.05 Å². The zero-order valence-corrected chi connectivity index (χ0v) is 13.7. The number of aromatic nitrogens is 2. The van der Waals surface area contributed by atoms with Gasteiger partial charge in [-0.2, -0.15) is 16.4 Å². The topological polar surface area (TPSA) is 79.2 Å². The molecule has 1 atom stereocenters. The molecular formula is C15H22N4O2S.